The molecule has 24 heavy (non-hydrogen) atoms. The fourth-order valence-corrected chi connectivity index (χ4v) is 2.76. The van der Waals surface area contributed by atoms with E-state index in [4.69, 9.17) is 16.3 Å². The summed E-state index contributed by atoms with van der Waals surface area (Å²) in [5, 5.41) is 12.9. The Hall–Kier alpha value is -1.69. The quantitative estimate of drug-likeness (QED) is 0.824. The molecule has 1 unspecified atom stereocenters. The van der Waals surface area contributed by atoms with Gasteiger partial charge in [0.15, 0.2) is 0 Å². The lowest BCUT2D eigenvalue weighted by atomic mass is 9.86. The minimum atomic E-state index is -0.546. The Morgan fingerprint density at radius 1 is 1.46 bits per heavy atom. The molecule has 0 bridgehead atoms. The predicted octanol–water partition coefficient (Wildman–Crippen LogP) is 3.32. The monoisotopic (exact) mass is 352 g/mol. The molecule has 1 aliphatic carbocycles. The molecule has 1 aromatic heterocycles. The molecule has 0 saturated heterocycles. The van der Waals surface area contributed by atoms with Gasteiger partial charge in [-0.1, -0.05) is 30.7 Å². The number of halogens is 2. The van der Waals surface area contributed by atoms with Crippen LogP contribution in [-0.4, -0.2) is 37.4 Å². The fraction of sp³-hybridized carbons (Fsp3) is 0.389. The van der Waals surface area contributed by atoms with Crippen LogP contribution in [0.3, 0.4) is 0 Å². The third-order valence-electron chi connectivity index (χ3n) is 4.02. The molecular formula is C18H22ClFN2O2. The number of pyridine rings is 1. The van der Waals surface area contributed by atoms with Crippen LogP contribution in [0.5, 0.6) is 5.75 Å². The Kier molecular flexibility index (Phi) is 6.15. The van der Waals surface area contributed by atoms with Crippen molar-refractivity contribution in [2.24, 2.45) is 0 Å². The lowest BCUT2D eigenvalue weighted by molar-refractivity contribution is 0.200. The summed E-state index contributed by atoms with van der Waals surface area (Å²) in [6, 6.07) is 3.63. The highest BCUT2D eigenvalue weighted by Crippen LogP contribution is 2.33. The fourth-order valence-electron chi connectivity index (χ4n) is 2.57. The first-order chi connectivity index (χ1) is 11.4. The van der Waals surface area contributed by atoms with Gasteiger partial charge in [0.2, 0.25) is 0 Å². The van der Waals surface area contributed by atoms with E-state index >= 15 is 0 Å². The molecule has 1 heterocycles. The van der Waals surface area contributed by atoms with Gasteiger partial charge in [0.25, 0.3) is 0 Å². The molecule has 0 aromatic carbocycles. The lowest BCUT2D eigenvalue weighted by Gasteiger charge is -2.27. The number of aromatic nitrogens is 1. The molecule has 6 heteroatoms. The largest absolute Gasteiger partial charge is 0.494 e. The van der Waals surface area contributed by atoms with E-state index in [1.807, 2.05) is 20.0 Å². The first-order valence-electron chi connectivity index (χ1n) is 7.69. The number of hydrogen-bond donors (Lipinski definition) is 2. The Bertz CT molecular complexity index is 700. The number of methoxy groups -OCH3 is 1. The number of aliphatic hydroxyl groups excluding tert-OH is 1. The molecule has 1 aromatic rings. The normalized spacial score (nSPS) is 17.3. The van der Waals surface area contributed by atoms with Crippen LogP contribution in [0.1, 0.15) is 24.7 Å². The van der Waals surface area contributed by atoms with Gasteiger partial charge in [-0.25, -0.2) is 9.37 Å². The predicted molar refractivity (Wildman–Crippen MR) is 94.9 cm³/mol. The molecule has 0 saturated carbocycles. The van der Waals surface area contributed by atoms with Crippen molar-refractivity contribution in [1.82, 2.24) is 10.3 Å². The smallest absolute Gasteiger partial charge is 0.145 e. The molecule has 0 amide bonds. The lowest BCUT2D eigenvalue weighted by Crippen LogP contribution is -2.38. The Morgan fingerprint density at radius 2 is 2.21 bits per heavy atom. The number of likely N-dealkylation sites (N-methyl/N-ethyl adjacent to an activating group) is 1. The molecule has 2 rings (SSSR count). The molecule has 1 atom stereocenters. The Morgan fingerprint density at radius 3 is 2.83 bits per heavy atom. The number of rotatable bonds is 6. The van der Waals surface area contributed by atoms with Crippen molar-refractivity contribution in [2.45, 2.75) is 18.8 Å². The molecular weight excluding hydrogens is 331 g/mol. The molecule has 0 fully saturated rings. The third kappa shape index (κ3) is 3.86. The zero-order chi connectivity index (χ0) is 17.7. The minimum Gasteiger partial charge on any atom is -0.494 e. The van der Waals surface area contributed by atoms with Crippen LogP contribution in [0.4, 0.5) is 4.39 Å². The summed E-state index contributed by atoms with van der Waals surface area (Å²) in [4.78, 5) is 4.68. The van der Waals surface area contributed by atoms with Gasteiger partial charge in [-0.3, -0.25) is 0 Å². The van der Waals surface area contributed by atoms with E-state index in [9.17, 15) is 9.50 Å². The zero-order valence-electron chi connectivity index (χ0n) is 14.1. The van der Waals surface area contributed by atoms with Gasteiger partial charge in [-0.2, -0.15) is 0 Å². The van der Waals surface area contributed by atoms with Gasteiger partial charge in [0.05, 0.1) is 24.4 Å². The topological polar surface area (TPSA) is 54.4 Å². The first kappa shape index (κ1) is 18.6. The van der Waals surface area contributed by atoms with Gasteiger partial charge in [-0.05, 0) is 25.3 Å². The van der Waals surface area contributed by atoms with Gasteiger partial charge in [0.1, 0.15) is 17.3 Å². The van der Waals surface area contributed by atoms with Gasteiger partial charge in [-0.15, -0.1) is 0 Å². The summed E-state index contributed by atoms with van der Waals surface area (Å²) < 4.78 is 19.1. The summed E-state index contributed by atoms with van der Waals surface area (Å²) in [6.45, 7) is 2.43. The van der Waals surface area contributed by atoms with Crippen molar-refractivity contribution in [3.8, 4) is 5.75 Å². The second-order valence-electron chi connectivity index (χ2n) is 5.96. The van der Waals surface area contributed by atoms with E-state index in [2.05, 4.69) is 10.3 Å². The first-order valence-corrected chi connectivity index (χ1v) is 8.06. The standard InChI is InChI=1S/C18H22ClFN2O2/c1-18(11-23,10-21-2)16-8-7-15(24-3)17(22-16)12-5-4-6-14(20)13(19)9-12/h4-5,7-9,21,23H,6,10-11H2,1-3H3. The number of ether oxygens (including phenoxy) is 1. The Balaban J connectivity index is 2.57. The average molecular weight is 353 g/mol. The highest BCUT2D eigenvalue weighted by atomic mass is 35.5. The molecule has 1 aliphatic rings. The molecule has 0 spiro atoms. The summed E-state index contributed by atoms with van der Waals surface area (Å²) in [6.07, 6.45) is 5.17. The molecule has 130 valence electrons. The minimum absolute atomic E-state index is 0.0587. The van der Waals surface area contributed by atoms with Gasteiger partial charge < -0.3 is 15.2 Å². The van der Waals surface area contributed by atoms with Crippen LogP contribution in [-0.2, 0) is 5.41 Å². The summed E-state index contributed by atoms with van der Waals surface area (Å²) in [5.74, 6) is 0.180. The van der Waals surface area contributed by atoms with Crippen molar-refractivity contribution in [1.29, 1.82) is 0 Å². The number of aliphatic hydroxyl groups is 1. The number of allylic oxidation sites excluding steroid dienone is 6. The number of nitrogens with zero attached hydrogens (tertiary/aromatic N) is 1. The molecule has 0 aliphatic heterocycles. The second-order valence-corrected chi connectivity index (χ2v) is 6.36. The third-order valence-corrected chi connectivity index (χ3v) is 4.34. The maximum Gasteiger partial charge on any atom is 0.145 e. The van der Waals surface area contributed by atoms with E-state index in [1.54, 1.807) is 31.4 Å². The van der Waals surface area contributed by atoms with Crippen LogP contribution >= 0.6 is 11.6 Å². The van der Waals surface area contributed by atoms with Crippen molar-refractivity contribution < 1.29 is 14.2 Å². The second kappa shape index (κ2) is 7.92. The summed E-state index contributed by atoms with van der Waals surface area (Å²) >= 11 is 5.99. The molecule has 2 N–H and O–H groups in total. The van der Waals surface area contributed by atoms with Crippen molar-refractivity contribution in [2.75, 3.05) is 27.3 Å². The maximum atomic E-state index is 13.7. The molecule has 0 radical (unpaired) electrons. The van der Waals surface area contributed by atoms with Crippen LogP contribution in [0.2, 0.25) is 0 Å². The zero-order valence-corrected chi connectivity index (χ0v) is 14.8. The highest BCUT2D eigenvalue weighted by molar-refractivity contribution is 6.32. The van der Waals surface area contributed by atoms with E-state index < -0.39 is 5.41 Å². The highest BCUT2D eigenvalue weighted by Gasteiger charge is 2.28. The number of hydrogen-bond acceptors (Lipinski definition) is 4. The summed E-state index contributed by atoms with van der Waals surface area (Å²) in [7, 11) is 3.38. The van der Waals surface area contributed by atoms with Gasteiger partial charge in [0, 0.05) is 24.0 Å². The van der Waals surface area contributed by atoms with E-state index in [0.717, 1.165) is 0 Å². The van der Waals surface area contributed by atoms with E-state index in [1.165, 1.54) is 0 Å². The van der Waals surface area contributed by atoms with Crippen molar-refractivity contribution in [3.63, 3.8) is 0 Å². The summed E-state index contributed by atoms with van der Waals surface area (Å²) in [5.41, 5.74) is 1.40. The van der Waals surface area contributed by atoms with E-state index in [0.29, 0.717) is 29.3 Å². The van der Waals surface area contributed by atoms with Gasteiger partial charge >= 0.3 is 0 Å². The SMILES string of the molecule is CNCC(C)(CO)c1ccc(OC)c(C2=CC(Cl)=C(F)CC=C2)n1. The maximum absolute atomic E-state index is 13.7. The van der Waals surface area contributed by atoms with Crippen molar-refractivity contribution in [3.05, 3.63) is 52.6 Å². The van der Waals surface area contributed by atoms with Crippen LogP contribution in [0.25, 0.3) is 5.57 Å². The average Bonchev–Trinajstić information content (AvgIpc) is 2.76. The van der Waals surface area contributed by atoms with Crippen LogP contribution in [0, 0.1) is 0 Å². The van der Waals surface area contributed by atoms with Crippen LogP contribution in [0.15, 0.2) is 41.2 Å². The van der Waals surface area contributed by atoms with E-state index in [-0.39, 0.29) is 23.9 Å². The van der Waals surface area contributed by atoms with Crippen molar-refractivity contribution >= 4 is 17.2 Å². The molecule has 4 nitrogen and oxygen atoms in total. The number of nitrogens with one attached hydrogen (secondary N) is 1. The Labute approximate surface area is 146 Å². The van der Waals surface area contributed by atoms with Crippen LogP contribution < -0.4 is 10.1 Å².